The molecule has 0 N–H and O–H groups in total. The average Bonchev–Trinajstić information content (AvgIpc) is 2.79. The lowest BCUT2D eigenvalue weighted by atomic mass is 10.0. The van der Waals surface area contributed by atoms with Crippen molar-refractivity contribution in [3.05, 3.63) is 52.7 Å². The van der Waals surface area contributed by atoms with Crippen LogP contribution in [0.4, 0.5) is 0 Å². The molecule has 0 fully saturated rings. The maximum atomic E-state index is 12.0. The number of nitrogens with zero attached hydrogens (tertiary/aromatic N) is 1. The van der Waals surface area contributed by atoms with E-state index in [0.29, 0.717) is 5.89 Å². The first kappa shape index (κ1) is 16.7. The van der Waals surface area contributed by atoms with Gasteiger partial charge in [0.1, 0.15) is 29.8 Å². The number of aromatic nitrogens is 1. The average molecular weight is 329 g/mol. The Labute approximate surface area is 142 Å². The molecule has 1 aliphatic carbocycles. The molecule has 24 heavy (non-hydrogen) atoms. The highest BCUT2D eigenvalue weighted by Gasteiger charge is 2.29. The molecule has 1 aliphatic rings. The van der Waals surface area contributed by atoms with Crippen LogP contribution in [-0.2, 0) is 27.1 Å². The van der Waals surface area contributed by atoms with Crippen molar-refractivity contribution >= 4 is 5.97 Å². The Morgan fingerprint density at radius 2 is 2.04 bits per heavy atom. The van der Waals surface area contributed by atoms with Crippen LogP contribution >= 0.6 is 0 Å². The third-order valence-corrected chi connectivity index (χ3v) is 3.83. The molecule has 1 aromatic carbocycles. The summed E-state index contributed by atoms with van der Waals surface area (Å²) in [4.78, 5) is 16.5. The molecule has 1 aromatic heterocycles. The minimum Gasteiger partial charge on any atom is -0.458 e. The van der Waals surface area contributed by atoms with E-state index in [1.807, 2.05) is 45.9 Å². The van der Waals surface area contributed by atoms with Gasteiger partial charge in [-0.05, 0) is 38.3 Å². The monoisotopic (exact) mass is 329 g/mol. The van der Waals surface area contributed by atoms with Gasteiger partial charge in [0.05, 0.1) is 0 Å². The van der Waals surface area contributed by atoms with E-state index in [4.69, 9.17) is 13.9 Å². The van der Waals surface area contributed by atoms with E-state index in [9.17, 15) is 4.79 Å². The molecule has 0 saturated heterocycles. The maximum Gasteiger partial charge on any atom is 0.332 e. The van der Waals surface area contributed by atoms with Gasteiger partial charge in [0.2, 0.25) is 0 Å². The van der Waals surface area contributed by atoms with Crippen LogP contribution in [0.3, 0.4) is 0 Å². The van der Waals surface area contributed by atoms with Crippen LogP contribution in [0.5, 0.6) is 0 Å². The lowest BCUT2D eigenvalue weighted by Crippen LogP contribution is -2.27. The summed E-state index contributed by atoms with van der Waals surface area (Å²) in [6.45, 7) is 7.22. The van der Waals surface area contributed by atoms with E-state index in [0.717, 1.165) is 29.9 Å². The SMILES string of the molecule is Cc1nc2c(o1)CCc1ccccc1C2OCC(=O)OC(C)(C)C. The summed E-state index contributed by atoms with van der Waals surface area (Å²) in [5, 5.41) is 0. The van der Waals surface area contributed by atoms with Crippen LogP contribution in [0.1, 0.15) is 55.3 Å². The van der Waals surface area contributed by atoms with Gasteiger partial charge in [0.25, 0.3) is 0 Å². The van der Waals surface area contributed by atoms with Gasteiger partial charge in [-0.15, -0.1) is 0 Å². The van der Waals surface area contributed by atoms with Crippen LogP contribution in [0, 0.1) is 6.92 Å². The Morgan fingerprint density at radius 3 is 2.79 bits per heavy atom. The zero-order valence-electron chi connectivity index (χ0n) is 14.6. The number of hydrogen-bond acceptors (Lipinski definition) is 5. The number of oxazole rings is 1. The number of carbonyl (C=O) groups excluding carboxylic acids is 1. The Bertz CT molecular complexity index is 742. The summed E-state index contributed by atoms with van der Waals surface area (Å²) >= 11 is 0. The smallest absolute Gasteiger partial charge is 0.332 e. The van der Waals surface area contributed by atoms with Crippen LogP contribution in [0.2, 0.25) is 0 Å². The van der Waals surface area contributed by atoms with E-state index in [2.05, 4.69) is 11.1 Å². The van der Waals surface area contributed by atoms with Gasteiger partial charge >= 0.3 is 5.97 Å². The zero-order valence-corrected chi connectivity index (χ0v) is 14.6. The van der Waals surface area contributed by atoms with E-state index < -0.39 is 11.7 Å². The summed E-state index contributed by atoms with van der Waals surface area (Å²) in [6, 6.07) is 8.09. The number of fused-ring (bicyclic) bond motifs is 2. The first-order chi connectivity index (χ1) is 11.3. The number of carbonyl (C=O) groups is 1. The van der Waals surface area contributed by atoms with Gasteiger partial charge in [0.15, 0.2) is 5.89 Å². The van der Waals surface area contributed by atoms with Crippen molar-refractivity contribution in [1.29, 1.82) is 0 Å². The molecule has 0 bridgehead atoms. The van der Waals surface area contributed by atoms with Crippen molar-refractivity contribution in [2.45, 2.75) is 52.2 Å². The summed E-state index contributed by atoms with van der Waals surface area (Å²) < 4.78 is 17.0. The second kappa shape index (κ2) is 6.40. The Morgan fingerprint density at radius 1 is 1.29 bits per heavy atom. The van der Waals surface area contributed by atoms with E-state index >= 15 is 0 Å². The van der Waals surface area contributed by atoms with Crippen molar-refractivity contribution in [2.75, 3.05) is 6.61 Å². The molecule has 0 spiro atoms. The molecule has 3 rings (SSSR count). The highest BCUT2D eigenvalue weighted by atomic mass is 16.6. The summed E-state index contributed by atoms with van der Waals surface area (Å²) in [6.07, 6.45) is 1.23. The third kappa shape index (κ3) is 3.67. The molecule has 1 unspecified atom stereocenters. The van der Waals surface area contributed by atoms with Gasteiger partial charge in [-0.3, -0.25) is 0 Å². The lowest BCUT2D eigenvalue weighted by Gasteiger charge is -2.21. The first-order valence-corrected chi connectivity index (χ1v) is 8.21. The zero-order chi connectivity index (χ0) is 17.3. The molecule has 0 amide bonds. The van der Waals surface area contributed by atoms with Crippen LogP contribution in [0.25, 0.3) is 0 Å². The van der Waals surface area contributed by atoms with Crippen molar-refractivity contribution < 1.29 is 18.7 Å². The second-order valence-corrected chi connectivity index (χ2v) is 7.02. The van der Waals surface area contributed by atoms with Gasteiger partial charge in [-0.1, -0.05) is 24.3 Å². The molecule has 0 aliphatic heterocycles. The number of esters is 1. The summed E-state index contributed by atoms with van der Waals surface area (Å²) in [5.74, 6) is 1.06. The molecule has 128 valence electrons. The van der Waals surface area contributed by atoms with Gasteiger partial charge in [-0.2, -0.15) is 0 Å². The predicted octanol–water partition coefficient (Wildman–Crippen LogP) is 3.53. The number of ether oxygens (including phenoxy) is 2. The molecule has 0 radical (unpaired) electrons. The molecule has 5 nitrogen and oxygen atoms in total. The molecular weight excluding hydrogens is 306 g/mol. The predicted molar refractivity (Wildman–Crippen MR) is 88.7 cm³/mol. The van der Waals surface area contributed by atoms with Crippen LogP contribution in [0.15, 0.2) is 28.7 Å². The minimum atomic E-state index is -0.530. The van der Waals surface area contributed by atoms with Gasteiger partial charge in [-0.25, -0.2) is 9.78 Å². The fourth-order valence-electron chi connectivity index (χ4n) is 2.97. The van der Waals surface area contributed by atoms with Crippen molar-refractivity contribution in [1.82, 2.24) is 4.98 Å². The number of rotatable bonds is 3. The van der Waals surface area contributed by atoms with Crippen molar-refractivity contribution in [3.63, 3.8) is 0 Å². The molecule has 2 aromatic rings. The molecular formula is C19H23NO4. The topological polar surface area (TPSA) is 61.6 Å². The third-order valence-electron chi connectivity index (χ3n) is 3.83. The van der Waals surface area contributed by atoms with Crippen LogP contribution in [-0.4, -0.2) is 23.2 Å². The number of aryl methyl sites for hydroxylation is 3. The Hall–Kier alpha value is -2.14. The lowest BCUT2D eigenvalue weighted by molar-refractivity contribution is -0.161. The minimum absolute atomic E-state index is 0.123. The second-order valence-electron chi connectivity index (χ2n) is 7.02. The van der Waals surface area contributed by atoms with Crippen molar-refractivity contribution in [3.8, 4) is 0 Å². The normalized spacial score (nSPS) is 16.9. The number of benzene rings is 1. The van der Waals surface area contributed by atoms with Gasteiger partial charge < -0.3 is 13.9 Å². The largest absolute Gasteiger partial charge is 0.458 e. The first-order valence-electron chi connectivity index (χ1n) is 8.21. The fourth-order valence-corrected chi connectivity index (χ4v) is 2.97. The van der Waals surface area contributed by atoms with Crippen LogP contribution < -0.4 is 0 Å². The van der Waals surface area contributed by atoms with E-state index in [1.165, 1.54) is 5.56 Å². The molecule has 1 heterocycles. The summed E-state index contributed by atoms with van der Waals surface area (Å²) in [5.41, 5.74) is 2.46. The Balaban J connectivity index is 1.86. The quantitative estimate of drug-likeness (QED) is 0.806. The standard InChI is InChI=1S/C19H23NO4/c1-12-20-17-15(23-12)10-9-13-7-5-6-8-14(13)18(17)22-11-16(21)24-19(2,3)4/h5-8,18H,9-11H2,1-4H3. The fraction of sp³-hybridized carbons (Fsp3) is 0.474. The Kier molecular flexibility index (Phi) is 4.45. The molecule has 1 atom stereocenters. The highest BCUT2D eigenvalue weighted by Crippen LogP contribution is 2.35. The highest BCUT2D eigenvalue weighted by molar-refractivity contribution is 5.71. The van der Waals surface area contributed by atoms with E-state index in [-0.39, 0.29) is 12.6 Å². The van der Waals surface area contributed by atoms with Crippen molar-refractivity contribution in [2.24, 2.45) is 0 Å². The number of hydrogen-bond donors (Lipinski definition) is 0. The van der Waals surface area contributed by atoms with E-state index in [1.54, 1.807) is 0 Å². The van der Waals surface area contributed by atoms with Gasteiger partial charge in [0, 0.05) is 13.3 Å². The maximum absolute atomic E-state index is 12.0. The molecule has 5 heteroatoms. The summed E-state index contributed by atoms with van der Waals surface area (Å²) in [7, 11) is 0. The molecule has 0 saturated carbocycles.